The van der Waals surface area contributed by atoms with Gasteiger partial charge in [0.15, 0.2) is 0 Å². The number of hydrogen-bond acceptors (Lipinski definition) is 1. The van der Waals surface area contributed by atoms with Crippen LogP contribution in [0.3, 0.4) is 0 Å². The van der Waals surface area contributed by atoms with E-state index in [1.165, 1.54) is 33.7 Å². The molecular weight excluding hydrogens is 208 g/mol. The van der Waals surface area contributed by atoms with Gasteiger partial charge >= 0.3 is 0 Å². The van der Waals surface area contributed by atoms with Crippen LogP contribution in [0.15, 0.2) is 21.8 Å². The number of aromatic nitrogens is 1. The molecule has 1 aromatic heterocycles. The Kier molecular flexibility index (Phi) is 2.82. The molecule has 2 heteroatoms. The van der Waals surface area contributed by atoms with Crippen LogP contribution in [0.2, 0.25) is 0 Å². The third-order valence-electron chi connectivity index (χ3n) is 3.80. The van der Waals surface area contributed by atoms with E-state index in [-0.39, 0.29) is 0 Å². The smallest absolute Gasteiger partial charge is 0.0672 e. The molecule has 0 aliphatic carbocycles. The van der Waals surface area contributed by atoms with Crippen molar-refractivity contribution in [1.29, 1.82) is 0 Å². The quantitative estimate of drug-likeness (QED) is 0.750. The molecule has 0 fully saturated rings. The Balaban J connectivity index is 2.53. The van der Waals surface area contributed by atoms with Crippen molar-refractivity contribution in [2.24, 2.45) is 4.99 Å². The molecule has 90 valence electrons. The molecule has 1 aromatic rings. The third kappa shape index (κ3) is 1.88. The number of nitrogens with zero attached hydrogens (tertiary/aromatic N) is 1. The Morgan fingerprint density at radius 3 is 1.94 bits per heavy atom. The van der Waals surface area contributed by atoms with Crippen molar-refractivity contribution < 1.29 is 0 Å². The normalized spacial score (nSPS) is 18.2. The topological polar surface area (TPSA) is 28.1 Å². The van der Waals surface area contributed by atoms with E-state index in [9.17, 15) is 0 Å². The first-order valence-electron chi connectivity index (χ1n) is 6.02. The van der Waals surface area contributed by atoms with Crippen molar-refractivity contribution in [2.75, 3.05) is 0 Å². The Morgan fingerprint density at radius 2 is 1.53 bits per heavy atom. The molecule has 0 saturated heterocycles. The average Bonchev–Trinajstić information content (AvgIpc) is 2.65. The maximum Gasteiger partial charge on any atom is 0.0672 e. The van der Waals surface area contributed by atoms with Gasteiger partial charge in [-0.25, -0.2) is 0 Å². The summed E-state index contributed by atoms with van der Waals surface area (Å²) in [6.07, 6.45) is 2.20. The summed E-state index contributed by atoms with van der Waals surface area (Å²) in [5, 5.41) is 0. The highest BCUT2D eigenvalue weighted by Gasteiger charge is 2.15. The van der Waals surface area contributed by atoms with E-state index in [1.54, 1.807) is 0 Å². The fourth-order valence-corrected chi connectivity index (χ4v) is 2.23. The van der Waals surface area contributed by atoms with Crippen LogP contribution in [0.4, 0.5) is 0 Å². The monoisotopic (exact) mass is 228 g/mol. The maximum atomic E-state index is 4.63. The summed E-state index contributed by atoms with van der Waals surface area (Å²) in [7, 11) is 0. The lowest BCUT2D eigenvalue weighted by Crippen LogP contribution is -1.86. The lowest BCUT2D eigenvalue weighted by atomic mass is 10.0. The number of aromatic amines is 1. The summed E-state index contributed by atoms with van der Waals surface area (Å²) in [5.41, 5.74) is 9.90. The first-order chi connectivity index (χ1) is 7.91. The zero-order chi connectivity index (χ0) is 12.7. The Hall–Kier alpha value is -1.57. The molecule has 2 rings (SSSR count). The van der Waals surface area contributed by atoms with Crippen LogP contribution in [-0.4, -0.2) is 10.7 Å². The molecule has 1 aliphatic heterocycles. The van der Waals surface area contributed by atoms with Crippen molar-refractivity contribution >= 4 is 11.8 Å². The van der Waals surface area contributed by atoms with Crippen LogP contribution >= 0.6 is 0 Å². The van der Waals surface area contributed by atoms with Gasteiger partial charge < -0.3 is 4.98 Å². The summed E-state index contributed by atoms with van der Waals surface area (Å²) in [5.74, 6) is 0. The molecule has 1 aliphatic rings. The van der Waals surface area contributed by atoms with Gasteiger partial charge in [0, 0.05) is 22.7 Å². The molecule has 0 atom stereocenters. The minimum Gasteiger partial charge on any atom is -0.362 e. The predicted octanol–water partition coefficient (Wildman–Crippen LogP) is 4.09. The van der Waals surface area contributed by atoms with Crippen molar-refractivity contribution in [1.82, 2.24) is 4.98 Å². The van der Waals surface area contributed by atoms with E-state index in [1.807, 2.05) is 0 Å². The molecule has 2 nitrogen and oxygen atoms in total. The molecule has 0 radical (unpaired) electrons. The van der Waals surface area contributed by atoms with Crippen molar-refractivity contribution in [3.63, 3.8) is 0 Å². The number of allylic oxidation sites excluding steroid dienone is 2. The number of aliphatic imine (C=N–C) groups is 1. The molecule has 2 heterocycles. The highest BCUT2D eigenvalue weighted by atomic mass is 14.8. The number of H-pyrrole nitrogens is 1. The van der Waals surface area contributed by atoms with Gasteiger partial charge in [-0.3, -0.25) is 4.99 Å². The predicted molar refractivity (Wildman–Crippen MR) is 74.5 cm³/mol. The van der Waals surface area contributed by atoms with Gasteiger partial charge in [0.05, 0.1) is 5.70 Å². The van der Waals surface area contributed by atoms with Crippen LogP contribution in [0.1, 0.15) is 43.3 Å². The van der Waals surface area contributed by atoms with Crippen LogP contribution in [-0.2, 0) is 0 Å². The van der Waals surface area contributed by atoms with Gasteiger partial charge in [0.1, 0.15) is 0 Å². The summed E-state index contributed by atoms with van der Waals surface area (Å²) in [6, 6.07) is 0. The van der Waals surface area contributed by atoms with Gasteiger partial charge in [-0.2, -0.15) is 0 Å². The Morgan fingerprint density at radius 1 is 0.882 bits per heavy atom. The third-order valence-corrected chi connectivity index (χ3v) is 3.80. The van der Waals surface area contributed by atoms with Crippen LogP contribution in [0.5, 0.6) is 0 Å². The van der Waals surface area contributed by atoms with Crippen LogP contribution < -0.4 is 0 Å². The number of nitrogens with one attached hydrogen (secondary N) is 1. The molecule has 0 unspecified atom stereocenters. The molecule has 0 aromatic carbocycles. The van der Waals surface area contributed by atoms with E-state index < -0.39 is 0 Å². The van der Waals surface area contributed by atoms with E-state index >= 15 is 0 Å². The SMILES string of the molecule is CC1=N/C(=C\c2c(C)[nH]c(C)c2C)C(C)=C1C. The highest BCUT2D eigenvalue weighted by Crippen LogP contribution is 2.29. The Bertz CT molecular complexity index is 566. The second kappa shape index (κ2) is 4.02. The number of rotatable bonds is 1. The van der Waals surface area contributed by atoms with Crippen LogP contribution in [0, 0.1) is 20.8 Å². The van der Waals surface area contributed by atoms with E-state index in [0.717, 1.165) is 11.4 Å². The minimum absolute atomic E-state index is 1.10. The summed E-state index contributed by atoms with van der Waals surface area (Å²) < 4.78 is 0. The van der Waals surface area contributed by atoms with Crippen molar-refractivity contribution in [3.05, 3.63) is 39.4 Å². The van der Waals surface area contributed by atoms with Crippen molar-refractivity contribution in [3.8, 4) is 0 Å². The maximum absolute atomic E-state index is 4.63. The molecule has 0 amide bonds. The van der Waals surface area contributed by atoms with Gasteiger partial charge in [-0.05, 0) is 64.3 Å². The highest BCUT2D eigenvalue weighted by molar-refractivity contribution is 6.03. The van der Waals surface area contributed by atoms with Gasteiger partial charge in [-0.1, -0.05) is 0 Å². The second-order valence-electron chi connectivity index (χ2n) is 4.89. The summed E-state index contributed by atoms with van der Waals surface area (Å²) in [4.78, 5) is 8.00. The van der Waals surface area contributed by atoms with E-state index in [2.05, 4.69) is 57.6 Å². The first kappa shape index (κ1) is 11.9. The number of aryl methyl sites for hydroxylation is 2. The summed E-state index contributed by atoms with van der Waals surface area (Å²) in [6.45, 7) is 12.7. The molecule has 0 spiro atoms. The lowest BCUT2D eigenvalue weighted by Gasteiger charge is -1.99. The van der Waals surface area contributed by atoms with Crippen LogP contribution in [0.25, 0.3) is 6.08 Å². The van der Waals surface area contributed by atoms with Gasteiger partial charge in [0.2, 0.25) is 0 Å². The first-order valence-corrected chi connectivity index (χ1v) is 6.02. The fourth-order valence-electron chi connectivity index (χ4n) is 2.23. The van der Waals surface area contributed by atoms with E-state index in [4.69, 9.17) is 0 Å². The number of hydrogen-bond donors (Lipinski definition) is 1. The molecule has 17 heavy (non-hydrogen) atoms. The lowest BCUT2D eigenvalue weighted by molar-refractivity contribution is 1.17. The van der Waals surface area contributed by atoms with Gasteiger partial charge in [0.25, 0.3) is 0 Å². The summed E-state index contributed by atoms with van der Waals surface area (Å²) >= 11 is 0. The van der Waals surface area contributed by atoms with Crippen molar-refractivity contribution in [2.45, 2.75) is 41.5 Å². The standard InChI is InChI=1S/C15H20N2/c1-8-9(2)15(17-11(8)4)7-14-10(3)12(5)16-13(14)6/h7,16H,1-6H3/b15-7-. The molecule has 1 N–H and O–H groups in total. The molecule has 0 bridgehead atoms. The molecular formula is C15H20N2. The largest absolute Gasteiger partial charge is 0.362 e. The molecule has 0 saturated carbocycles. The zero-order valence-electron chi connectivity index (χ0n) is 11.5. The fraction of sp³-hybridized carbons (Fsp3) is 0.400. The Labute approximate surface area is 103 Å². The zero-order valence-corrected chi connectivity index (χ0v) is 11.5. The van der Waals surface area contributed by atoms with Gasteiger partial charge in [-0.15, -0.1) is 0 Å². The van der Waals surface area contributed by atoms with E-state index in [0.29, 0.717) is 0 Å². The second-order valence-corrected chi connectivity index (χ2v) is 4.89. The average molecular weight is 228 g/mol. The minimum atomic E-state index is 1.10.